The van der Waals surface area contributed by atoms with Crippen molar-refractivity contribution in [3.8, 4) is 0 Å². The lowest BCUT2D eigenvalue weighted by Crippen LogP contribution is -2.68. The summed E-state index contributed by atoms with van der Waals surface area (Å²) in [5.74, 6) is -15.2. The lowest BCUT2D eigenvalue weighted by Gasteiger charge is -2.43. The van der Waals surface area contributed by atoms with Gasteiger partial charge >= 0.3 is 24.2 Å². The van der Waals surface area contributed by atoms with Crippen molar-refractivity contribution in [2.24, 2.45) is 0 Å². The summed E-state index contributed by atoms with van der Waals surface area (Å²) in [4.78, 5) is 11.4. The standard InChI is InChI=1S/C17H11F10NO2/c1-8(29)28-12-10-5-3-2-4-9(10)6-7-11(12)13(30,14(18,19)16(22,23)24)15(20,21)17(25,26)27/h2-7,30H,1H3,(H,28,29). The van der Waals surface area contributed by atoms with Crippen molar-refractivity contribution in [2.45, 2.75) is 36.7 Å². The van der Waals surface area contributed by atoms with Gasteiger partial charge in [0.05, 0.1) is 5.69 Å². The number of carbonyl (C=O) groups excluding carboxylic acids is 1. The van der Waals surface area contributed by atoms with E-state index >= 15 is 0 Å². The fourth-order valence-electron chi connectivity index (χ4n) is 2.83. The molecule has 2 N–H and O–H groups in total. The van der Waals surface area contributed by atoms with E-state index in [4.69, 9.17) is 0 Å². The number of hydrogen-bond donors (Lipinski definition) is 2. The molecule has 0 spiro atoms. The largest absolute Gasteiger partial charge is 0.457 e. The summed E-state index contributed by atoms with van der Waals surface area (Å²) in [7, 11) is 0. The van der Waals surface area contributed by atoms with Gasteiger partial charge in [-0.25, -0.2) is 0 Å². The Balaban J connectivity index is 3.07. The average molecular weight is 451 g/mol. The van der Waals surface area contributed by atoms with Crippen LogP contribution in [0.1, 0.15) is 12.5 Å². The molecule has 0 unspecified atom stereocenters. The summed E-state index contributed by atoms with van der Waals surface area (Å²) in [6.07, 6.45) is -14.0. The molecule has 0 fully saturated rings. The maximum atomic E-state index is 14.1. The van der Waals surface area contributed by atoms with Gasteiger partial charge in [0, 0.05) is 17.9 Å². The Kier molecular flexibility index (Phi) is 5.53. The van der Waals surface area contributed by atoms with Gasteiger partial charge in [0.25, 0.3) is 0 Å². The molecule has 0 radical (unpaired) electrons. The number of benzene rings is 2. The molecular weight excluding hydrogens is 440 g/mol. The Bertz CT molecular complexity index is 939. The second-order valence-electron chi connectivity index (χ2n) is 6.25. The first kappa shape index (κ1) is 23.7. The molecular formula is C17H11F10NO2. The van der Waals surface area contributed by atoms with E-state index < -0.39 is 52.3 Å². The molecule has 13 heteroatoms. The van der Waals surface area contributed by atoms with Crippen LogP contribution in [0, 0.1) is 0 Å². The predicted molar refractivity (Wildman–Crippen MR) is 84.2 cm³/mol. The molecule has 0 aliphatic carbocycles. The number of hydrogen-bond acceptors (Lipinski definition) is 2. The molecule has 0 saturated heterocycles. The highest BCUT2D eigenvalue weighted by Crippen LogP contribution is 2.61. The third kappa shape index (κ3) is 3.34. The van der Waals surface area contributed by atoms with Crippen LogP contribution in [-0.2, 0) is 10.4 Å². The zero-order chi connectivity index (χ0) is 23.3. The molecule has 0 atom stereocenters. The van der Waals surface area contributed by atoms with Gasteiger partial charge in [-0.3, -0.25) is 4.79 Å². The van der Waals surface area contributed by atoms with Crippen LogP contribution in [0.4, 0.5) is 49.6 Å². The number of nitrogens with one attached hydrogen (secondary N) is 1. The lowest BCUT2D eigenvalue weighted by atomic mass is 9.78. The van der Waals surface area contributed by atoms with Crippen LogP contribution in [0.15, 0.2) is 36.4 Å². The van der Waals surface area contributed by atoms with Gasteiger partial charge in [-0.05, 0) is 5.39 Å². The molecule has 166 valence electrons. The molecule has 2 aromatic rings. The van der Waals surface area contributed by atoms with Crippen LogP contribution in [-0.4, -0.2) is 35.2 Å². The number of halogens is 10. The predicted octanol–water partition coefficient (Wildman–Crippen LogP) is 5.38. The SMILES string of the molecule is CC(=O)Nc1c(C(O)(C(F)(F)C(F)(F)F)C(F)(F)C(F)(F)F)ccc2ccccc12. The van der Waals surface area contributed by atoms with Crippen LogP contribution in [0.5, 0.6) is 0 Å². The van der Waals surface area contributed by atoms with Gasteiger partial charge in [0.2, 0.25) is 11.5 Å². The van der Waals surface area contributed by atoms with Crippen molar-refractivity contribution in [2.75, 3.05) is 5.32 Å². The Morgan fingerprint density at radius 1 is 0.800 bits per heavy atom. The Morgan fingerprint density at radius 3 is 1.70 bits per heavy atom. The van der Waals surface area contributed by atoms with E-state index in [0.29, 0.717) is 13.0 Å². The summed E-state index contributed by atoms with van der Waals surface area (Å²) < 4.78 is 134. The molecule has 0 aromatic heterocycles. The monoisotopic (exact) mass is 451 g/mol. The molecule has 2 aromatic carbocycles. The molecule has 30 heavy (non-hydrogen) atoms. The third-order valence-corrected chi connectivity index (χ3v) is 4.24. The average Bonchev–Trinajstić information content (AvgIpc) is 2.58. The number of carbonyl (C=O) groups is 1. The van der Waals surface area contributed by atoms with Crippen molar-refractivity contribution >= 4 is 22.4 Å². The van der Waals surface area contributed by atoms with Crippen molar-refractivity contribution in [3.05, 3.63) is 42.0 Å². The molecule has 0 bridgehead atoms. The highest BCUT2D eigenvalue weighted by Gasteiger charge is 2.85. The summed E-state index contributed by atoms with van der Waals surface area (Å²) in [5.41, 5.74) is -9.57. The van der Waals surface area contributed by atoms with Crippen molar-refractivity contribution in [1.82, 2.24) is 0 Å². The summed E-state index contributed by atoms with van der Waals surface area (Å²) in [6, 6.07) is 5.36. The van der Waals surface area contributed by atoms with Gasteiger partial charge in [0.1, 0.15) is 0 Å². The van der Waals surface area contributed by atoms with Crippen LogP contribution in [0.25, 0.3) is 10.8 Å². The van der Waals surface area contributed by atoms with Crippen molar-refractivity contribution in [1.29, 1.82) is 0 Å². The third-order valence-electron chi connectivity index (χ3n) is 4.24. The highest BCUT2D eigenvalue weighted by atomic mass is 19.4. The van der Waals surface area contributed by atoms with Gasteiger partial charge in [-0.2, -0.15) is 43.9 Å². The molecule has 1 amide bonds. The maximum absolute atomic E-state index is 14.1. The topological polar surface area (TPSA) is 49.3 Å². The van der Waals surface area contributed by atoms with E-state index in [0.717, 1.165) is 12.1 Å². The minimum atomic E-state index is -7.02. The van der Waals surface area contributed by atoms with Gasteiger partial charge in [0.15, 0.2) is 0 Å². The highest BCUT2D eigenvalue weighted by molar-refractivity contribution is 6.03. The van der Waals surface area contributed by atoms with Gasteiger partial charge in [-0.15, -0.1) is 0 Å². The van der Waals surface area contributed by atoms with E-state index in [2.05, 4.69) is 0 Å². The van der Waals surface area contributed by atoms with E-state index in [1.54, 1.807) is 5.32 Å². The fourth-order valence-corrected chi connectivity index (χ4v) is 2.83. The van der Waals surface area contributed by atoms with E-state index in [1.165, 1.54) is 12.1 Å². The van der Waals surface area contributed by atoms with Crippen molar-refractivity contribution in [3.63, 3.8) is 0 Å². The zero-order valence-corrected chi connectivity index (χ0v) is 14.6. The Labute approximate surface area is 161 Å². The Hall–Kier alpha value is -2.57. The van der Waals surface area contributed by atoms with E-state index in [9.17, 15) is 53.8 Å². The number of alkyl halides is 10. The second kappa shape index (κ2) is 7.00. The smallest absolute Gasteiger partial charge is 0.373 e. The number of rotatable bonds is 4. The molecule has 3 nitrogen and oxygen atoms in total. The van der Waals surface area contributed by atoms with Crippen LogP contribution < -0.4 is 5.32 Å². The minimum absolute atomic E-state index is 0.0157. The first-order valence-corrected chi connectivity index (χ1v) is 7.81. The van der Waals surface area contributed by atoms with E-state index in [1.807, 2.05) is 0 Å². The number of amides is 1. The van der Waals surface area contributed by atoms with Crippen molar-refractivity contribution < 1.29 is 53.8 Å². The molecule has 0 heterocycles. The van der Waals surface area contributed by atoms with Crippen LogP contribution >= 0.6 is 0 Å². The van der Waals surface area contributed by atoms with Crippen LogP contribution in [0.2, 0.25) is 0 Å². The van der Waals surface area contributed by atoms with E-state index in [-0.39, 0.29) is 11.5 Å². The minimum Gasteiger partial charge on any atom is -0.373 e. The number of aliphatic hydroxyl groups is 1. The summed E-state index contributed by atoms with van der Waals surface area (Å²) >= 11 is 0. The Morgan fingerprint density at radius 2 is 1.27 bits per heavy atom. The van der Waals surface area contributed by atoms with Gasteiger partial charge in [-0.1, -0.05) is 36.4 Å². The zero-order valence-electron chi connectivity index (χ0n) is 14.6. The number of fused-ring (bicyclic) bond motifs is 1. The second-order valence-corrected chi connectivity index (χ2v) is 6.25. The normalized spacial score (nSPS) is 14.1. The maximum Gasteiger partial charge on any atom is 0.457 e. The quantitative estimate of drug-likeness (QED) is 0.614. The van der Waals surface area contributed by atoms with Crippen LogP contribution in [0.3, 0.4) is 0 Å². The number of anilines is 1. The first-order valence-electron chi connectivity index (χ1n) is 7.81. The fraction of sp³-hybridized carbons (Fsp3) is 0.353. The summed E-state index contributed by atoms with van der Waals surface area (Å²) in [6.45, 7) is 0.703. The molecule has 0 aliphatic rings. The molecule has 0 aliphatic heterocycles. The molecule has 0 saturated carbocycles. The lowest BCUT2D eigenvalue weighted by molar-refractivity contribution is -0.429. The summed E-state index contributed by atoms with van der Waals surface area (Å²) in [5, 5.41) is 11.2. The van der Waals surface area contributed by atoms with Gasteiger partial charge < -0.3 is 10.4 Å². The first-order chi connectivity index (χ1) is 13.4. The molecule has 2 rings (SSSR count).